The van der Waals surface area contributed by atoms with E-state index in [2.05, 4.69) is 0 Å². The monoisotopic (exact) mass is 519 g/mol. The number of hydrogen-bond acceptors (Lipinski definition) is 1. The van der Waals surface area contributed by atoms with E-state index >= 15 is 0 Å². The lowest BCUT2D eigenvalue weighted by atomic mass is 9.83. The van der Waals surface area contributed by atoms with E-state index in [0.717, 1.165) is 6.07 Å². The molecule has 0 bridgehead atoms. The van der Waals surface area contributed by atoms with Crippen molar-refractivity contribution in [2.75, 3.05) is 0 Å². The third-order valence-corrected chi connectivity index (χ3v) is 6.34. The summed E-state index contributed by atoms with van der Waals surface area (Å²) >= 11 is 0. The van der Waals surface area contributed by atoms with Crippen LogP contribution in [0.15, 0.2) is 149 Å². The second-order valence-electron chi connectivity index (χ2n) is 8.34. The lowest BCUT2D eigenvalue weighted by Crippen LogP contribution is -1.93. The lowest BCUT2D eigenvalue weighted by Gasteiger charge is -2.20. The highest BCUT2D eigenvalue weighted by atomic mass is 16.3. The second kappa shape index (κ2) is 8.72. The standard InChI is InChI=1S/C38H24O/c1-2-13-25(14-3-1)26-15-4-5-16-27(26)36-28-17-6-8-19-30(28)37(31-20-9-7-18-29(31)36)33-22-12-24-35-38(33)32-21-10-11-23-34(32)39-35/h1-24H/i1D,2D,3D,4D,5D,6D,7D,8D,9D,10D,11D,12D,13D,14D,16D,17D,18D,19D,20D,21D,22D,23D,24D. The van der Waals surface area contributed by atoms with Crippen LogP contribution in [0.3, 0.4) is 0 Å². The van der Waals surface area contributed by atoms with Crippen molar-refractivity contribution in [3.8, 4) is 33.4 Å². The zero-order chi connectivity index (χ0) is 45.8. The Kier molecular flexibility index (Phi) is 2.00. The van der Waals surface area contributed by atoms with Gasteiger partial charge in [-0.1, -0.05) is 133 Å². The van der Waals surface area contributed by atoms with Gasteiger partial charge in [0.2, 0.25) is 0 Å². The van der Waals surface area contributed by atoms with E-state index in [0.29, 0.717) is 0 Å². The second-order valence-corrected chi connectivity index (χ2v) is 8.34. The molecule has 0 N–H and O–H groups in total. The average Bonchev–Trinajstić information content (AvgIpc) is 3.64. The van der Waals surface area contributed by atoms with Crippen molar-refractivity contribution in [2.24, 2.45) is 0 Å². The molecule has 8 rings (SSSR count). The lowest BCUT2D eigenvalue weighted by molar-refractivity contribution is 0.669. The van der Waals surface area contributed by atoms with Crippen LogP contribution >= 0.6 is 0 Å². The molecule has 0 aliphatic heterocycles. The van der Waals surface area contributed by atoms with Crippen LogP contribution in [0.4, 0.5) is 0 Å². The number of hydrogen-bond donors (Lipinski definition) is 0. The van der Waals surface area contributed by atoms with Gasteiger partial charge >= 0.3 is 0 Å². The molecule has 0 radical (unpaired) electrons. The average molecular weight is 520 g/mol. The molecule has 1 nitrogen and oxygen atoms in total. The molecule has 0 aliphatic carbocycles. The molecule has 0 saturated carbocycles. The molecule has 0 atom stereocenters. The van der Waals surface area contributed by atoms with E-state index in [-0.39, 0.29) is 0 Å². The maximum absolute atomic E-state index is 9.39. The Morgan fingerprint density at radius 1 is 0.385 bits per heavy atom. The van der Waals surface area contributed by atoms with Crippen molar-refractivity contribution in [3.63, 3.8) is 0 Å². The fraction of sp³-hybridized carbons (Fsp3) is 0. The van der Waals surface area contributed by atoms with Gasteiger partial charge < -0.3 is 4.42 Å². The molecule has 1 aromatic heterocycles. The predicted molar refractivity (Wildman–Crippen MR) is 165 cm³/mol. The smallest absolute Gasteiger partial charge is 0.136 e. The summed E-state index contributed by atoms with van der Waals surface area (Å²) in [5.74, 6) is 0. The Morgan fingerprint density at radius 2 is 0.897 bits per heavy atom. The molecular formula is C38H24O. The van der Waals surface area contributed by atoms with Gasteiger partial charge in [-0.2, -0.15) is 0 Å². The molecular weight excluding hydrogens is 472 g/mol. The summed E-state index contributed by atoms with van der Waals surface area (Å²) in [6, 6.07) is -18.7. The zero-order valence-corrected chi connectivity index (χ0v) is 19.5. The maximum atomic E-state index is 9.39. The summed E-state index contributed by atoms with van der Waals surface area (Å²) in [6.07, 6.45) is 0. The van der Waals surface area contributed by atoms with Gasteiger partial charge in [0.1, 0.15) is 11.2 Å². The fourth-order valence-corrected chi connectivity index (χ4v) is 4.80. The first-order valence-electron chi connectivity index (χ1n) is 23.0. The Morgan fingerprint density at radius 3 is 1.59 bits per heavy atom. The quantitative estimate of drug-likeness (QED) is 0.212. The summed E-state index contributed by atoms with van der Waals surface area (Å²) in [6.45, 7) is 0. The van der Waals surface area contributed by atoms with E-state index < -0.39 is 216 Å². The third-order valence-electron chi connectivity index (χ3n) is 6.34. The Labute approximate surface area is 258 Å². The van der Waals surface area contributed by atoms with Crippen LogP contribution in [0, 0.1) is 0 Å². The topological polar surface area (TPSA) is 13.1 Å². The first kappa shape index (κ1) is 8.97. The number of fused-ring (bicyclic) bond motifs is 5. The van der Waals surface area contributed by atoms with Crippen molar-refractivity contribution >= 4 is 43.5 Å². The Hall–Kier alpha value is -5.14. The van der Waals surface area contributed by atoms with Gasteiger partial charge in [0.05, 0.1) is 31.5 Å². The predicted octanol–water partition coefficient (Wildman–Crippen LogP) is 10.9. The van der Waals surface area contributed by atoms with Crippen LogP contribution in [0.2, 0.25) is 0 Å². The van der Waals surface area contributed by atoms with Crippen LogP contribution in [-0.4, -0.2) is 0 Å². The van der Waals surface area contributed by atoms with Gasteiger partial charge in [0.25, 0.3) is 0 Å². The molecule has 0 unspecified atom stereocenters. The summed E-state index contributed by atoms with van der Waals surface area (Å²) in [5, 5.41) is -3.45. The summed E-state index contributed by atoms with van der Waals surface area (Å²) in [4.78, 5) is 0. The molecule has 0 fully saturated rings. The van der Waals surface area contributed by atoms with Gasteiger partial charge in [0, 0.05) is 10.8 Å². The van der Waals surface area contributed by atoms with Crippen molar-refractivity contribution < 1.29 is 35.9 Å². The van der Waals surface area contributed by atoms with Gasteiger partial charge in [-0.25, -0.2) is 0 Å². The molecule has 0 spiro atoms. The maximum Gasteiger partial charge on any atom is 0.136 e. The molecule has 182 valence electrons. The van der Waals surface area contributed by atoms with E-state index in [1.807, 2.05) is 0 Å². The minimum Gasteiger partial charge on any atom is -0.456 e. The fourth-order valence-electron chi connectivity index (χ4n) is 4.80. The van der Waals surface area contributed by atoms with Gasteiger partial charge in [0.15, 0.2) is 0 Å². The van der Waals surface area contributed by atoms with Gasteiger partial charge in [-0.3, -0.25) is 0 Å². The highest BCUT2D eigenvalue weighted by Crippen LogP contribution is 2.48. The molecule has 8 aromatic rings. The number of para-hydroxylation sites is 1. The normalized spacial score (nSPS) is 19.8. The van der Waals surface area contributed by atoms with Gasteiger partial charge in [-0.05, 0) is 67.0 Å². The highest BCUT2D eigenvalue weighted by molar-refractivity contribution is 6.26. The van der Waals surface area contributed by atoms with Crippen LogP contribution < -0.4 is 0 Å². The van der Waals surface area contributed by atoms with Crippen LogP contribution in [0.5, 0.6) is 0 Å². The van der Waals surface area contributed by atoms with E-state index in [1.54, 1.807) is 0 Å². The van der Waals surface area contributed by atoms with Crippen molar-refractivity contribution in [3.05, 3.63) is 145 Å². The number of furan rings is 1. The summed E-state index contributed by atoms with van der Waals surface area (Å²) < 4.78 is 209. The third kappa shape index (κ3) is 3.34. The minimum absolute atomic E-state index is 0.433. The minimum atomic E-state index is -0.934. The van der Waals surface area contributed by atoms with Gasteiger partial charge in [-0.15, -0.1) is 0 Å². The van der Waals surface area contributed by atoms with Crippen LogP contribution in [-0.2, 0) is 0 Å². The molecule has 0 saturated heterocycles. The first-order valence-corrected chi connectivity index (χ1v) is 11.5. The molecule has 0 aliphatic rings. The van der Waals surface area contributed by atoms with E-state index in [4.69, 9.17) is 27.7 Å². The van der Waals surface area contributed by atoms with Crippen molar-refractivity contribution in [1.29, 1.82) is 0 Å². The highest BCUT2D eigenvalue weighted by Gasteiger charge is 2.21. The summed E-state index contributed by atoms with van der Waals surface area (Å²) in [7, 11) is 0. The zero-order valence-electron chi connectivity index (χ0n) is 42.5. The number of rotatable bonds is 3. The van der Waals surface area contributed by atoms with E-state index in [1.165, 1.54) is 0 Å². The SMILES string of the molecule is [2H]c1cc(-c2c([2H])c([2H])c([2H])c([2H])c2[2H])c(-c2c3c([2H])c([2H])c([2H])c([2H])c3c(-c3c([2H])c([2H])c([2H])c4oc5c([2H])c([2H])c([2H])c([2H])c5c34)c3c([2H])c([2H])c([2H])c([2H])c23)c([2H])c1[2H]. The van der Waals surface area contributed by atoms with Crippen molar-refractivity contribution in [2.45, 2.75) is 0 Å². The van der Waals surface area contributed by atoms with Crippen molar-refractivity contribution in [1.82, 2.24) is 0 Å². The summed E-state index contributed by atoms with van der Waals surface area (Å²) in [5.41, 5.74) is -4.70. The largest absolute Gasteiger partial charge is 0.456 e. The molecule has 7 aromatic carbocycles. The molecule has 1 heteroatoms. The van der Waals surface area contributed by atoms with E-state index in [9.17, 15) is 8.22 Å². The molecule has 0 amide bonds. The molecule has 39 heavy (non-hydrogen) atoms. The van der Waals surface area contributed by atoms with Crippen LogP contribution in [0.1, 0.15) is 31.5 Å². The Bertz CT molecular complexity index is 3330. The van der Waals surface area contributed by atoms with Crippen LogP contribution in [0.25, 0.3) is 76.9 Å². The first-order chi connectivity index (χ1) is 28.9. The molecule has 1 heterocycles. The number of benzene rings is 7. The Balaban J connectivity index is 1.81.